The number of rotatable bonds is 3. The monoisotopic (exact) mass is 274 g/mol. The Hall–Kier alpha value is -0.280. The van der Waals surface area contributed by atoms with Gasteiger partial charge in [0.2, 0.25) is 5.91 Å². The lowest BCUT2D eigenvalue weighted by Crippen LogP contribution is -2.43. The molecule has 2 rings (SSSR count). The van der Waals surface area contributed by atoms with Crippen molar-refractivity contribution in [3.63, 3.8) is 0 Å². The molecule has 18 heavy (non-hydrogen) atoms. The number of hydrogen-bond acceptors (Lipinski definition) is 2. The topological polar surface area (TPSA) is 46.3 Å². The molecule has 1 aliphatic heterocycles. The van der Waals surface area contributed by atoms with Gasteiger partial charge in [-0.05, 0) is 44.1 Å². The Balaban J connectivity index is 0.00000162. The van der Waals surface area contributed by atoms with E-state index in [9.17, 15) is 4.79 Å². The predicted octanol–water partition coefficient (Wildman–Crippen LogP) is 2.43. The van der Waals surface area contributed by atoms with E-state index >= 15 is 0 Å². The summed E-state index contributed by atoms with van der Waals surface area (Å²) in [5.74, 6) is 1.92. The molecule has 106 valence electrons. The van der Waals surface area contributed by atoms with Crippen molar-refractivity contribution in [2.24, 2.45) is 23.5 Å². The minimum atomic E-state index is 0. The summed E-state index contributed by atoms with van der Waals surface area (Å²) in [4.78, 5) is 14.5. The van der Waals surface area contributed by atoms with Crippen molar-refractivity contribution in [1.82, 2.24) is 4.90 Å². The molecule has 0 unspecified atom stereocenters. The third-order valence-corrected chi connectivity index (χ3v) is 4.78. The molecule has 3 nitrogen and oxygen atoms in total. The van der Waals surface area contributed by atoms with Crippen LogP contribution in [0, 0.1) is 17.8 Å². The Morgan fingerprint density at radius 2 is 1.89 bits per heavy atom. The molecule has 4 heteroatoms. The average Bonchev–Trinajstić information content (AvgIpc) is 2.86. The van der Waals surface area contributed by atoms with Crippen LogP contribution in [0.1, 0.15) is 45.4 Å². The Kier molecular flexibility index (Phi) is 6.44. The van der Waals surface area contributed by atoms with Gasteiger partial charge in [-0.2, -0.15) is 0 Å². The molecule has 1 saturated heterocycles. The summed E-state index contributed by atoms with van der Waals surface area (Å²) in [6, 6.07) is 0. The minimum absolute atomic E-state index is 0. The highest BCUT2D eigenvalue weighted by Gasteiger charge is 2.35. The van der Waals surface area contributed by atoms with Crippen LogP contribution in [0.15, 0.2) is 0 Å². The number of amides is 1. The molecule has 2 N–H and O–H groups in total. The summed E-state index contributed by atoms with van der Waals surface area (Å²) in [7, 11) is 0. The minimum Gasteiger partial charge on any atom is -0.342 e. The molecule has 1 amide bonds. The van der Waals surface area contributed by atoms with Crippen LogP contribution in [0.4, 0.5) is 0 Å². The van der Waals surface area contributed by atoms with Crippen molar-refractivity contribution in [1.29, 1.82) is 0 Å². The normalized spacial score (nSPS) is 29.1. The summed E-state index contributed by atoms with van der Waals surface area (Å²) < 4.78 is 0. The highest BCUT2D eigenvalue weighted by atomic mass is 35.5. The quantitative estimate of drug-likeness (QED) is 0.859. The predicted molar refractivity (Wildman–Crippen MR) is 76.7 cm³/mol. The molecule has 1 saturated carbocycles. The molecule has 0 aromatic carbocycles. The zero-order valence-electron chi connectivity index (χ0n) is 11.4. The summed E-state index contributed by atoms with van der Waals surface area (Å²) in [6.07, 6.45) is 7.05. The third-order valence-electron chi connectivity index (χ3n) is 4.78. The molecule has 2 aliphatic rings. The van der Waals surface area contributed by atoms with Crippen LogP contribution in [-0.2, 0) is 4.79 Å². The number of nitrogens with two attached hydrogens (primary N) is 1. The standard InChI is InChI=1S/C14H26N2O.ClH/c1-2-11-6-8-16(9-7-11)14(17)13-5-3-4-12(13)10-15;/h11-13H,2-10,15H2,1H3;1H/t12-,13-;/m1./s1. The highest BCUT2D eigenvalue weighted by molar-refractivity contribution is 5.85. The molecular weight excluding hydrogens is 248 g/mol. The number of hydrogen-bond donors (Lipinski definition) is 1. The molecule has 2 fully saturated rings. The first-order valence-corrected chi connectivity index (χ1v) is 7.25. The van der Waals surface area contributed by atoms with Crippen molar-refractivity contribution in [2.45, 2.75) is 45.4 Å². The van der Waals surface area contributed by atoms with Crippen LogP contribution in [0.2, 0.25) is 0 Å². The van der Waals surface area contributed by atoms with E-state index in [0.717, 1.165) is 31.8 Å². The molecule has 0 radical (unpaired) electrons. The summed E-state index contributed by atoms with van der Waals surface area (Å²) in [5, 5.41) is 0. The van der Waals surface area contributed by atoms with Gasteiger partial charge < -0.3 is 10.6 Å². The van der Waals surface area contributed by atoms with E-state index in [-0.39, 0.29) is 18.3 Å². The average molecular weight is 275 g/mol. The van der Waals surface area contributed by atoms with Gasteiger partial charge in [0.15, 0.2) is 0 Å². The van der Waals surface area contributed by atoms with Gasteiger partial charge in [-0.1, -0.05) is 19.8 Å². The number of likely N-dealkylation sites (tertiary alicyclic amines) is 1. The lowest BCUT2D eigenvalue weighted by molar-refractivity contribution is -0.138. The summed E-state index contributed by atoms with van der Waals surface area (Å²) >= 11 is 0. The SMILES string of the molecule is CCC1CCN(C(=O)[C@@H]2CCC[C@@H]2CN)CC1.Cl. The van der Waals surface area contributed by atoms with E-state index in [2.05, 4.69) is 11.8 Å². The van der Waals surface area contributed by atoms with Crippen LogP contribution >= 0.6 is 12.4 Å². The Morgan fingerprint density at radius 3 is 2.44 bits per heavy atom. The van der Waals surface area contributed by atoms with Crippen LogP contribution in [-0.4, -0.2) is 30.4 Å². The first kappa shape index (κ1) is 15.8. The summed E-state index contributed by atoms with van der Waals surface area (Å²) in [6.45, 7) is 4.89. The van der Waals surface area contributed by atoms with E-state index in [4.69, 9.17) is 5.73 Å². The fourth-order valence-electron chi connectivity index (χ4n) is 3.44. The molecule has 1 aliphatic carbocycles. The van der Waals surface area contributed by atoms with E-state index < -0.39 is 0 Å². The third kappa shape index (κ3) is 3.39. The zero-order valence-corrected chi connectivity index (χ0v) is 12.3. The molecular formula is C14H27ClN2O. The smallest absolute Gasteiger partial charge is 0.226 e. The van der Waals surface area contributed by atoms with E-state index in [1.54, 1.807) is 0 Å². The van der Waals surface area contributed by atoms with Crippen LogP contribution in [0.25, 0.3) is 0 Å². The van der Waals surface area contributed by atoms with Crippen molar-refractivity contribution < 1.29 is 4.79 Å². The van der Waals surface area contributed by atoms with Gasteiger partial charge >= 0.3 is 0 Å². The van der Waals surface area contributed by atoms with E-state index in [0.29, 0.717) is 18.4 Å². The number of carbonyl (C=O) groups is 1. The second kappa shape index (κ2) is 7.34. The largest absolute Gasteiger partial charge is 0.342 e. The maximum atomic E-state index is 12.4. The van der Waals surface area contributed by atoms with Gasteiger partial charge in [-0.15, -0.1) is 12.4 Å². The lowest BCUT2D eigenvalue weighted by Gasteiger charge is -2.34. The van der Waals surface area contributed by atoms with Crippen molar-refractivity contribution >= 4 is 18.3 Å². The van der Waals surface area contributed by atoms with Gasteiger partial charge in [0.25, 0.3) is 0 Å². The number of halogens is 1. The highest BCUT2D eigenvalue weighted by Crippen LogP contribution is 2.33. The van der Waals surface area contributed by atoms with Crippen LogP contribution < -0.4 is 5.73 Å². The Bertz CT molecular complexity index is 265. The van der Waals surface area contributed by atoms with Crippen LogP contribution in [0.5, 0.6) is 0 Å². The first-order chi connectivity index (χ1) is 8.26. The number of piperidine rings is 1. The first-order valence-electron chi connectivity index (χ1n) is 7.25. The zero-order chi connectivity index (χ0) is 12.3. The van der Waals surface area contributed by atoms with Crippen LogP contribution in [0.3, 0.4) is 0 Å². The fourth-order valence-corrected chi connectivity index (χ4v) is 3.44. The second-order valence-corrected chi connectivity index (χ2v) is 5.71. The number of nitrogens with zero attached hydrogens (tertiary/aromatic N) is 1. The van der Waals surface area contributed by atoms with Gasteiger partial charge in [-0.25, -0.2) is 0 Å². The summed E-state index contributed by atoms with van der Waals surface area (Å²) in [5.41, 5.74) is 5.76. The fraction of sp³-hybridized carbons (Fsp3) is 0.929. The molecule has 0 aromatic heterocycles. The van der Waals surface area contributed by atoms with E-state index in [1.165, 1.54) is 25.7 Å². The molecule has 0 bridgehead atoms. The molecule has 0 spiro atoms. The van der Waals surface area contributed by atoms with Gasteiger partial charge in [0.05, 0.1) is 0 Å². The van der Waals surface area contributed by atoms with E-state index in [1.807, 2.05) is 0 Å². The van der Waals surface area contributed by atoms with Gasteiger partial charge in [-0.3, -0.25) is 4.79 Å². The molecule has 0 aromatic rings. The Morgan fingerprint density at radius 1 is 1.22 bits per heavy atom. The van der Waals surface area contributed by atoms with Crippen molar-refractivity contribution in [3.8, 4) is 0 Å². The molecule has 2 atom stereocenters. The maximum absolute atomic E-state index is 12.4. The van der Waals surface area contributed by atoms with Crippen molar-refractivity contribution in [3.05, 3.63) is 0 Å². The number of carbonyl (C=O) groups excluding carboxylic acids is 1. The maximum Gasteiger partial charge on any atom is 0.226 e. The van der Waals surface area contributed by atoms with Crippen molar-refractivity contribution in [2.75, 3.05) is 19.6 Å². The Labute approximate surface area is 117 Å². The van der Waals surface area contributed by atoms with Gasteiger partial charge in [0, 0.05) is 19.0 Å². The lowest BCUT2D eigenvalue weighted by atomic mass is 9.91. The molecule has 1 heterocycles. The second-order valence-electron chi connectivity index (χ2n) is 5.71. The van der Waals surface area contributed by atoms with Gasteiger partial charge in [0.1, 0.15) is 0 Å².